The molecular weight excluding hydrogens is 350 g/mol. The Labute approximate surface area is 165 Å². The van der Waals surface area contributed by atoms with Gasteiger partial charge in [-0.05, 0) is 12.8 Å². The predicted molar refractivity (Wildman–Crippen MR) is 110 cm³/mol. The van der Waals surface area contributed by atoms with Crippen LogP contribution in [0.15, 0.2) is 42.9 Å². The molecule has 0 aliphatic carbocycles. The molecule has 0 spiro atoms. The SMILES string of the molecule is Cc1ccc(-c2nccn3cc(C(=O)N4CCN(CC(C)C)CC4)nc23)cc1. The summed E-state index contributed by atoms with van der Waals surface area (Å²) < 4.78 is 1.89. The second kappa shape index (κ2) is 7.72. The van der Waals surface area contributed by atoms with Crippen LogP contribution in [0.5, 0.6) is 0 Å². The van der Waals surface area contributed by atoms with Crippen molar-refractivity contribution in [3.8, 4) is 11.3 Å². The van der Waals surface area contributed by atoms with Gasteiger partial charge in [0.05, 0.1) is 0 Å². The summed E-state index contributed by atoms with van der Waals surface area (Å²) in [4.78, 5) is 26.5. The zero-order valence-corrected chi connectivity index (χ0v) is 16.8. The Hall–Kier alpha value is -2.73. The summed E-state index contributed by atoms with van der Waals surface area (Å²) in [5.41, 5.74) is 4.20. The number of amides is 1. The zero-order valence-electron chi connectivity index (χ0n) is 16.8. The number of piperazine rings is 1. The van der Waals surface area contributed by atoms with Crippen LogP contribution in [-0.4, -0.2) is 62.8 Å². The highest BCUT2D eigenvalue weighted by atomic mass is 16.2. The molecule has 3 heterocycles. The van der Waals surface area contributed by atoms with Crippen LogP contribution in [0.3, 0.4) is 0 Å². The first-order valence-electron chi connectivity index (χ1n) is 9.93. The summed E-state index contributed by atoms with van der Waals surface area (Å²) in [7, 11) is 0. The number of fused-ring (bicyclic) bond motifs is 1. The van der Waals surface area contributed by atoms with Crippen molar-refractivity contribution in [2.75, 3.05) is 32.7 Å². The van der Waals surface area contributed by atoms with Gasteiger partial charge in [0.2, 0.25) is 0 Å². The molecule has 0 N–H and O–H groups in total. The van der Waals surface area contributed by atoms with Crippen LogP contribution in [0, 0.1) is 12.8 Å². The molecule has 1 aromatic carbocycles. The Kier molecular flexibility index (Phi) is 5.13. The molecule has 1 fully saturated rings. The van der Waals surface area contributed by atoms with E-state index in [1.165, 1.54) is 5.56 Å². The number of imidazole rings is 1. The van der Waals surface area contributed by atoms with Gasteiger partial charge in [0.15, 0.2) is 5.65 Å². The van der Waals surface area contributed by atoms with Crippen molar-refractivity contribution in [2.24, 2.45) is 5.92 Å². The van der Waals surface area contributed by atoms with E-state index in [0.29, 0.717) is 17.3 Å². The lowest BCUT2D eigenvalue weighted by molar-refractivity contribution is 0.0619. The smallest absolute Gasteiger partial charge is 0.274 e. The minimum atomic E-state index is 0.00255. The maximum atomic E-state index is 13.0. The van der Waals surface area contributed by atoms with Crippen molar-refractivity contribution in [1.82, 2.24) is 24.2 Å². The van der Waals surface area contributed by atoms with Crippen LogP contribution in [0.25, 0.3) is 16.9 Å². The average Bonchev–Trinajstić information content (AvgIpc) is 3.12. The van der Waals surface area contributed by atoms with Gasteiger partial charge < -0.3 is 9.30 Å². The number of hydrogen-bond acceptors (Lipinski definition) is 4. The largest absolute Gasteiger partial charge is 0.335 e. The Bertz CT molecular complexity index is 968. The van der Waals surface area contributed by atoms with Gasteiger partial charge >= 0.3 is 0 Å². The van der Waals surface area contributed by atoms with Gasteiger partial charge in [-0.1, -0.05) is 43.7 Å². The van der Waals surface area contributed by atoms with E-state index in [2.05, 4.69) is 47.8 Å². The summed E-state index contributed by atoms with van der Waals surface area (Å²) >= 11 is 0. The third kappa shape index (κ3) is 3.78. The van der Waals surface area contributed by atoms with Crippen LogP contribution in [0.2, 0.25) is 0 Å². The van der Waals surface area contributed by atoms with Crippen molar-refractivity contribution in [2.45, 2.75) is 20.8 Å². The zero-order chi connectivity index (χ0) is 19.7. The maximum absolute atomic E-state index is 13.0. The fourth-order valence-corrected chi connectivity index (χ4v) is 3.75. The van der Waals surface area contributed by atoms with Crippen LogP contribution in [0.4, 0.5) is 0 Å². The van der Waals surface area contributed by atoms with Gasteiger partial charge in [-0.3, -0.25) is 14.7 Å². The number of nitrogens with zero attached hydrogens (tertiary/aromatic N) is 5. The summed E-state index contributed by atoms with van der Waals surface area (Å²) in [6, 6.07) is 8.21. The number of hydrogen-bond donors (Lipinski definition) is 0. The monoisotopic (exact) mass is 377 g/mol. The Morgan fingerprint density at radius 3 is 2.50 bits per heavy atom. The topological polar surface area (TPSA) is 53.7 Å². The molecule has 2 aromatic heterocycles. The lowest BCUT2D eigenvalue weighted by Crippen LogP contribution is -2.49. The van der Waals surface area contributed by atoms with Gasteiger partial charge in [-0.15, -0.1) is 0 Å². The summed E-state index contributed by atoms with van der Waals surface area (Å²) in [6.45, 7) is 11.0. The third-order valence-electron chi connectivity index (χ3n) is 5.20. The summed E-state index contributed by atoms with van der Waals surface area (Å²) in [5, 5.41) is 0. The number of aryl methyl sites for hydroxylation is 1. The van der Waals surface area contributed by atoms with Crippen LogP contribution < -0.4 is 0 Å². The van der Waals surface area contributed by atoms with Crippen molar-refractivity contribution in [1.29, 1.82) is 0 Å². The van der Waals surface area contributed by atoms with E-state index in [1.54, 1.807) is 6.20 Å². The van der Waals surface area contributed by atoms with Gasteiger partial charge in [0.25, 0.3) is 5.91 Å². The van der Waals surface area contributed by atoms with Gasteiger partial charge in [-0.25, -0.2) is 4.98 Å². The molecule has 1 aliphatic rings. The molecule has 0 radical (unpaired) electrons. The van der Waals surface area contributed by atoms with Crippen molar-refractivity contribution in [3.63, 3.8) is 0 Å². The van der Waals surface area contributed by atoms with E-state index in [-0.39, 0.29) is 5.91 Å². The first-order valence-corrected chi connectivity index (χ1v) is 9.93. The van der Waals surface area contributed by atoms with Gasteiger partial charge in [0, 0.05) is 56.9 Å². The van der Waals surface area contributed by atoms with Gasteiger partial charge in [-0.2, -0.15) is 0 Å². The highest BCUT2D eigenvalue weighted by molar-refractivity contribution is 5.93. The molecule has 1 saturated heterocycles. The molecule has 4 rings (SSSR count). The Morgan fingerprint density at radius 2 is 1.82 bits per heavy atom. The highest BCUT2D eigenvalue weighted by Gasteiger charge is 2.24. The minimum Gasteiger partial charge on any atom is -0.335 e. The van der Waals surface area contributed by atoms with Gasteiger partial charge in [0.1, 0.15) is 11.4 Å². The molecule has 1 aliphatic heterocycles. The predicted octanol–water partition coefficient (Wildman–Crippen LogP) is 3.12. The van der Waals surface area contributed by atoms with Crippen molar-refractivity contribution < 1.29 is 4.79 Å². The molecule has 6 nitrogen and oxygen atoms in total. The molecule has 28 heavy (non-hydrogen) atoms. The van der Waals surface area contributed by atoms with E-state index >= 15 is 0 Å². The number of rotatable bonds is 4. The minimum absolute atomic E-state index is 0.00255. The second-order valence-electron chi connectivity index (χ2n) is 7.99. The van der Waals surface area contributed by atoms with Crippen molar-refractivity contribution >= 4 is 11.6 Å². The molecule has 1 amide bonds. The maximum Gasteiger partial charge on any atom is 0.274 e. The molecule has 0 bridgehead atoms. The van der Waals surface area contributed by atoms with Crippen LogP contribution in [-0.2, 0) is 0 Å². The lowest BCUT2D eigenvalue weighted by atomic mass is 10.1. The molecule has 6 heteroatoms. The Balaban J connectivity index is 1.56. The molecule has 3 aromatic rings. The molecule has 146 valence electrons. The quantitative estimate of drug-likeness (QED) is 0.701. The van der Waals surface area contributed by atoms with E-state index in [4.69, 9.17) is 0 Å². The van der Waals surface area contributed by atoms with E-state index < -0.39 is 0 Å². The molecule has 0 atom stereocenters. The van der Waals surface area contributed by atoms with E-state index in [0.717, 1.165) is 44.0 Å². The van der Waals surface area contributed by atoms with Crippen LogP contribution >= 0.6 is 0 Å². The third-order valence-corrected chi connectivity index (χ3v) is 5.20. The van der Waals surface area contributed by atoms with Crippen molar-refractivity contribution in [3.05, 3.63) is 54.1 Å². The first-order chi connectivity index (χ1) is 13.5. The second-order valence-corrected chi connectivity index (χ2v) is 7.99. The number of benzene rings is 1. The standard InChI is InChI=1S/C22H27N5O/c1-16(2)14-25-10-12-26(13-11-25)22(28)19-15-27-9-8-23-20(21(27)24-19)18-6-4-17(3)5-7-18/h4-9,15-16H,10-14H2,1-3H3. The average molecular weight is 377 g/mol. The summed E-state index contributed by atoms with van der Waals surface area (Å²) in [5.74, 6) is 0.649. The molecule has 0 unspecified atom stereocenters. The van der Waals surface area contributed by atoms with E-state index in [1.807, 2.05) is 33.8 Å². The van der Waals surface area contributed by atoms with Crippen LogP contribution in [0.1, 0.15) is 29.9 Å². The number of aromatic nitrogens is 3. The fourth-order valence-electron chi connectivity index (χ4n) is 3.75. The fraction of sp³-hybridized carbons (Fsp3) is 0.409. The number of carbonyl (C=O) groups is 1. The Morgan fingerprint density at radius 1 is 1.11 bits per heavy atom. The first kappa shape index (κ1) is 18.6. The normalized spacial score (nSPS) is 15.5. The molecular formula is C22H27N5O. The highest BCUT2D eigenvalue weighted by Crippen LogP contribution is 2.22. The lowest BCUT2D eigenvalue weighted by Gasteiger charge is -2.35. The van der Waals surface area contributed by atoms with E-state index in [9.17, 15) is 4.79 Å². The number of carbonyl (C=O) groups excluding carboxylic acids is 1. The molecule has 0 saturated carbocycles. The summed E-state index contributed by atoms with van der Waals surface area (Å²) in [6.07, 6.45) is 5.41.